The van der Waals surface area contributed by atoms with Gasteiger partial charge in [0.1, 0.15) is 0 Å². The molecule has 1 aromatic heterocycles. The molecule has 0 spiro atoms. The second-order valence-electron chi connectivity index (χ2n) is 5.68. The number of aromatic amines is 1. The Morgan fingerprint density at radius 1 is 1.33 bits per heavy atom. The number of H-pyrrole nitrogens is 1. The SMILES string of the molecule is CC(=O)NOC(=O)C1Cc2c([nH]c3ccccc23)C(C)C1. The van der Waals surface area contributed by atoms with Crippen molar-refractivity contribution in [2.45, 2.75) is 32.6 Å². The Morgan fingerprint density at radius 2 is 2.10 bits per heavy atom. The molecule has 2 unspecified atom stereocenters. The van der Waals surface area contributed by atoms with Crippen molar-refractivity contribution in [1.82, 2.24) is 10.5 Å². The molecule has 0 saturated carbocycles. The summed E-state index contributed by atoms with van der Waals surface area (Å²) in [6.07, 6.45) is 1.36. The van der Waals surface area contributed by atoms with Gasteiger partial charge in [0.2, 0.25) is 5.91 Å². The highest BCUT2D eigenvalue weighted by molar-refractivity contribution is 5.86. The van der Waals surface area contributed by atoms with E-state index in [2.05, 4.69) is 23.5 Å². The van der Waals surface area contributed by atoms with Crippen LogP contribution in [0.1, 0.15) is 37.4 Å². The zero-order chi connectivity index (χ0) is 15.0. The first kappa shape index (κ1) is 13.7. The first-order valence-electron chi connectivity index (χ1n) is 7.13. The number of fused-ring (bicyclic) bond motifs is 3. The van der Waals surface area contributed by atoms with Gasteiger partial charge in [-0.2, -0.15) is 5.48 Å². The molecular formula is C16H18N2O3. The normalized spacial score (nSPS) is 20.9. The van der Waals surface area contributed by atoms with Gasteiger partial charge in [-0.1, -0.05) is 25.1 Å². The topological polar surface area (TPSA) is 71.2 Å². The number of carbonyl (C=O) groups excluding carboxylic acids is 2. The van der Waals surface area contributed by atoms with E-state index in [4.69, 9.17) is 4.84 Å². The summed E-state index contributed by atoms with van der Waals surface area (Å²) in [6, 6.07) is 8.11. The maximum absolute atomic E-state index is 12.1. The average Bonchev–Trinajstić information content (AvgIpc) is 2.84. The van der Waals surface area contributed by atoms with Crippen molar-refractivity contribution in [1.29, 1.82) is 0 Å². The Labute approximate surface area is 122 Å². The highest BCUT2D eigenvalue weighted by Crippen LogP contribution is 2.38. The van der Waals surface area contributed by atoms with Crippen LogP contribution in [-0.2, 0) is 20.8 Å². The van der Waals surface area contributed by atoms with Crippen molar-refractivity contribution in [3.63, 3.8) is 0 Å². The second-order valence-corrected chi connectivity index (χ2v) is 5.68. The molecule has 1 aromatic carbocycles. The van der Waals surface area contributed by atoms with E-state index in [1.54, 1.807) is 0 Å². The zero-order valence-electron chi connectivity index (χ0n) is 12.1. The van der Waals surface area contributed by atoms with Gasteiger partial charge in [-0.15, -0.1) is 0 Å². The van der Waals surface area contributed by atoms with Crippen molar-refractivity contribution in [3.8, 4) is 0 Å². The predicted molar refractivity (Wildman–Crippen MR) is 78.4 cm³/mol. The molecule has 21 heavy (non-hydrogen) atoms. The number of amides is 1. The Kier molecular flexibility index (Phi) is 3.41. The molecule has 2 N–H and O–H groups in total. The van der Waals surface area contributed by atoms with Gasteiger partial charge in [-0.25, -0.2) is 4.79 Å². The van der Waals surface area contributed by atoms with Gasteiger partial charge >= 0.3 is 5.97 Å². The summed E-state index contributed by atoms with van der Waals surface area (Å²) in [5.74, 6) is -0.706. The Balaban J connectivity index is 1.87. The molecule has 0 saturated heterocycles. The van der Waals surface area contributed by atoms with Gasteiger partial charge in [0, 0.05) is 23.5 Å². The largest absolute Gasteiger partial charge is 0.358 e. The van der Waals surface area contributed by atoms with Crippen molar-refractivity contribution in [3.05, 3.63) is 35.5 Å². The number of hydrogen-bond acceptors (Lipinski definition) is 3. The lowest BCUT2D eigenvalue weighted by Crippen LogP contribution is -2.32. The summed E-state index contributed by atoms with van der Waals surface area (Å²) in [7, 11) is 0. The summed E-state index contributed by atoms with van der Waals surface area (Å²) in [5, 5.41) is 1.16. The first-order chi connectivity index (χ1) is 10.1. The number of aromatic nitrogens is 1. The monoisotopic (exact) mass is 286 g/mol. The van der Waals surface area contributed by atoms with Crippen LogP contribution in [-0.4, -0.2) is 16.9 Å². The van der Waals surface area contributed by atoms with E-state index in [1.807, 2.05) is 18.2 Å². The number of rotatable bonds is 1. The third kappa shape index (κ3) is 2.51. The minimum atomic E-state index is -0.375. The highest BCUT2D eigenvalue weighted by Gasteiger charge is 2.32. The number of hydroxylamine groups is 1. The van der Waals surface area contributed by atoms with E-state index >= 15 is 0 Å². The molecule has 5 nitrogen and oxygen atoms in total. The van der Waals surface area contributed by atoms with Gasteiger partial charge in [0.05, 0.1) is 5.92 Å². The second kappa shape index (κ2) is 5.24. The summed E-state index contributed by atoms with van der Waals surface area (Å²) in [5.41, 5.74) is 5.62. The standard InChI is InChI=1S/C16H18N2O3/c1-9-7-11(16(20)21-18-10(2)19)8-13-12-5-3-4-6-14(12)17-15(9)13/h3-6,9,11,17H,7-8H2,1-2H3,(H,18,19). The molecule has 5 heteroatoms. The molecule has 0 aliphatic heterocycles. The first-order valence-corrected chi connectivity index (χ1v) is 7.13. The maximum Gasteiger partial charge on any atom is 0.335 e. The molecule has 1 aliphatic rings. The number of benzene rings is 1. The molecule has 1 aliphatic carbocycles. The van der Waals surface area contributed by atoms with Crippen LogP contribution in [0.25, 0.3) is 10.9 Å². The molecule has 2 aromatic rings. The number of para-hydroxylation sites is 1. The van der Waals surface area contributed by atoms with Crippen LogP contribution < -0.4 is 5.48 Å². The Bertz CT molecular complexity index is 705. The van der Waals surface area contributed by atoms with Crippen molar-refractivity contribution in [2.24, 2.45) is 5.92 Å². The van der Waals surface area contributed by atoms with Crippen molar-refractivity contribution < 1.29 is 14.4 Å². The minimum absolute atomic E-state index is 0.224. The van der Waals surface area contributed by atoms with Crippen LogP contribution in [0.4, 0.5) is 0 Å². The van der Waals surface area contributed by atoms with Gasteiger partial charge in [-0.05, 0) is 30.4 Å². The number of nitrogens with one attached hydrogen (secondary N) is 2. The highest BCUT2D eigenvalue weighted by atomic mass is 16.7. The summed E-state index contributed by atoms with van der Waals surface area (Å²) < 4.78 is 0. The smallest absolute Gasteiger partial charge is 0.335 e. The third-order valence-electron chi connectivity index (χ3n) is 4.06. The van der Waals surface area contributed by atoms with Crippen LogP contribution in [0.15, 0.2) is 24.3 Å². The lowest BCUT2D eigenvalue weighted by molar-refractivity contribution is -0.162. The van der Waals surface area contributed by atoms with E-state index in [0.717, 1.165) is 17.3 Å². The van der Waals surface area contributed by atoms with E-state index in [1.165, 1.54) is 18.2 Å². The van der Waals surface area contributed by atoms with E-state index in [9.17, 15) is 9.59 Å². The molecule has 3 rings (SSSR count). The fourth-order valence-electron chi connectivity index (χ4n) is 3.12. The number of hydrogen-bond donors (Lipinski definition) is 2. The zero-order valence-corrected chi connectivity index (χ0v) is 12.1. The molecule has 0 fully saturated rings. The molecule has 110 valence electrons. The fourth-order valence-corrected chi connectivity index (χ4v) is 3.12. The quantitative estimate of drug-likeness (QED) is 0.791. The molecular weight excluding hydrogens is 268 g/mol. The molecule has 1 amide bonds. The molecule has 2 atom stereocenters. The molecule has 0 radical (unpaired) electrons. The van der Waals surface area contributed by atoms with Crippen LogP contribution in [0.5, 0.6) is 0 Å². The summed E-state index contributed by atoms with van der Waals surface area (Å²) >= 11 is 0. The van der Waals surface area contributed by atoms with Crippen LogP contribution in [0, 0.1) is 5.92 Å². The third-order valence-corrected chi connectivity index (χ3v) is 4.06. The average molecular weight is 286 g/mol. The van der Waals surface area contributed by atoms with E-state index in [-0.39, 0.29) is 23.7 Å². The molecule has 0 bridgehead atoms. The molecule has 1 heterocycles. The van der Waals surface area contributed by atoms with Crippen LogP contribution in [0.2, 0.25) is 0 Å². The van der Waals surface area contributed by atoms with Crippen LogP contribution in [0.3, 0.4) is 0 Å². The van der Waals surface area contributed by atoms with Crippen molar-refractivity contribution in [2.75, 3.05) is 0 Å². The maximum atomic E-state index is 12.1. The predicted octanol–water partition coefficient (Wildman–Crippen LogP) is 2.43. The van der Waals surface area contributed by atoms with E-state index < -0.39 is 0 Å². The van der Waals surface area contributed by atoms with Gasteiger partial charge in [0.25, 0.3) is 0 Å². The summed E-state index contributed by atoms with van der Waals surface area (Å²) in [6.45, 7) is 3.42. The summed E-state index contributed by atoms with van der Waals surface area (Å²) in [4.78, 5) is 31.2. The van der Waals surface area contributed by atoms with Gasteiger partial charge < -0.3 is 9.82 Å². The van der Waals surface area contributed by atoms with Crippen LogP contribution >= 0.6 is 0 Å². The van der Waals surface area contributed by atoms with Gasteiger partial charge in [0.15, 0.2) is 0 Å². The van der Waals surface area contributed by atoms with Crippen molar-refractivity contribution >= 4 is 22.8 Å². The Morgan fingerprint density at radius 3 is 2.86 bits per heavy atom. The van der Waals surface area contributed by atoms with Gasteiger partial charge in [-0.3, -0.25) is 4.79 Å². The fraction of sp³-hybridized carbons (Fsp3) is 0.375. The lowest BCUT2D eigenvalue weighted by Gasteiger charge is -2.25. The van der Waals surface area contributed by atoms with E-state index in [0.29, 0.717) is 6.42 Å². The minimum Gasteiger partial charge on any atom is -0.358 e. The Hall–Kier alpha value is -2.30. The number of carbonyl (C=O) groups is 2. The lowest BCUT2D eigenvalue weighted by atomic mass is 9.80.